The lowest BCUT2D eigenvalue weighted by Gasteiger charge is -2.38. The minimum absolute atomic E-state index is 0.0604. The van der Waals surface area contributed by atoms with E-state index in [1.54, 1.807) is 0 Å². The van der Waals surface area contributed by atoms with E-state index in [1.165, 1.54) is 16.8 Å². The van der Waals surface area contributed by atoms with Crippen LogP contribution in [-0.2, 0) is 10.2 Å². The monoisotopic (exact) mass is 217 g/mol. The van der Waals surface area contributed by atoms with Crippen LogP contribution in [0.25, 0.3) is 0 Å². The summed E-state index contributed by atoms with van der Waals surface area (Å²) in [4.78, 5) is 2.42. The van der Waals surface area contributed by atoms with Crippen molar-refractivity contribution in [2.24, 2.45) is 0 Å². The van der Waals surface area contributed by atoms with Gasteiger partial charge in [0.25, 0.3) is 0 Å². The maximum Gasteiger partial charge on any atom is 0.147 e. The molecule has 1 unspecified atom stereocenters. The molecule has 0 aliphatic carbocycles. The van der Waals surface area contributed by atoms with Gasteiger partial charge in [-0.2, -0.15) is 0 Å². The summed E-state index contributed by atoms with van der Waals surface area (Å²) in [5.41, 5.74) is 4.01. The molecule has 1 fully saturated rings. The van der Waals surface area contributed by atoms with Crippen molar-refractivity contribution >= 4 is 5.69 Å². The first-order chi connectivity index (χ1) is 7.47. The molecule has 0 N–H and O–H groups in total. The highest BCUT2D eigenvalue weighted by atomic mass is 16.5. The molecule has 3 rings (SSSR count). The summed E-state index contributed by atoms with van der Waals surface area (Å²) < 4.78 is 6.03. The molecular weight excluding hydrogens is 198 g/mol. The van der Waals surface area contributed by atoms with Gasteiger partial charge in [0.15, 0.2) is 0 Å². The van der Waals surface area contributed by atoms with Gasteiger partial charge in [-0.3, -0.25) is 0 Å². The van der Waals surface area contributed by atoms with Crippen LogP contribution in [0.5, 0.6) is 0 Å². The van der Waals surface area contributed by atoms with Gasteiger partial charge in [-0.05, 0) is 25.5 Å². The second kappa shape index (κ2) is 2.80. The Labute approximate surface area is 97.2 Å². The highest BCUT2D eigenvalue weighted by Crippen LogP contribution is 2.53. The van der Waals surface area contributed by atoms with Crippen molar-refractivity contribution in [2.75, 3.05) is 18.1 Å². The van der Waals surface area contributed by atoms with E-state index in [1.807, 2.05) is 0 Å². The number of hydrogen-bond acceptors (Lipinski definition) is 2. The molecule has 0 aromatic heterocycles. The molecule has 1 aromatic carbocycles. The van der Waals surface area contributed by atoms with Crippen molar-refractivity contribution < 1.29 is 4.74 Å². The minimum atomic E-state index is -0.164. The van der Waals surface area contributed by atoms with Crippen LogP contribution in [0, 0.1) is 6.92 Å². The van der Waals surface area contributed by atoms with E-state index >= 15 is 0 Å². The third kappa shape index (κ3) is 0.963. The van der Waals surface area contributed by atoms with E-state index in [2.05, 4.69) is 50.8 Å². The molecule has 1 saturated heterocycles. The van der Waals surface area contributed by atoms with Crippen molar-refractivity contribution in [1.82, 2.24) is 0 Å². The van der Waals surface area contributed by atoms with Crippen LogP contribution in [0.1, 0.15) is 31.9 Å². The topological polar surface area (TPSA) is 12.5 Å². The molecule has 2 heteroatoms. The fraction of sp³-hybridized carbons (Fsp3) is 0.571. The summed E-state index contributed by atoms with van der Waals surface area (Å²) in [5.74, 6) is 0. The number of nitrogens with zero attached hydrogens (tertiary/aromatic N) is 1. The Morgan fingerprint density at radius 2 is 2.00 bits per heavy atom. The summed E-state index contributed by atoms with van der Waals surface area (Å²) in [6, 6.07) is 6.74. The second-order valence-corrected chi connectivity index (χ2v) is 5.63. The van der Waals surface area contributed by atoms with Gasteiger partial charge in [-0.25, -0.2) is 0 Å². The average Bonchev–Trinajstić information content (AvgIpc) is 2.67. The number of aryl methyl sites for hydroxylation is 1. The first-order valence-corrected chi connectivity index (χ1v) is 5.99. The zero-order valence-corrected chi connectivity index (χ0v) is 10.5. The van der Waals surface area contributed by atoms with Crippen LogP contribution in [0.4, 0.5) is 5.69 Å². The maximum atomic E-state index is 6.03. The quantitative estimate of drug-likeness (QED) is 0.662. The summed E-state index contributed by atoms with van der Waals surface area (Å²) in [5, 5.41) is 0. The van der Waals surface area contributed by atoms with Crippen LogP contribution < -0.4 is 4.90 Å². The number of benzene rings is 1. The number of anilines is 1. The highest BCUT2D eigenvalue weighted by molar-refractivity contribution is 5.66. The van der Waals surface area contributed by atoms with Crippen molar-refractivity contribution in [3.8, 4) is 0 Å². The lowest BCUT2D eigenvalue weighted by atomic mass is 9.78. The Morgan fingerprint density at radius 1 is 1.25 bits per heavy atom. The number of ether oxygens (including phenoxy) is 1. The smallest absolute Gasteiger partial charge is 0.147 e. The van der Waals surface area contributed by atoms with Gasteiger partial charge in [-0.1, -0.05) is 31.5 Å². The van der Waals surface area contributed by atoms with Gasteiger partial charge in [0.1, 0.15) is 5.72 Å². The van der Waals surface area contributed by atoms with Crippen molar-refractivity contribution in [2.45, 2.75) is 38.8 Å². The largest absolute Gasteiger partial charge is 0.353 e. The van der Waals surface area contributed by atoms with E-state index in [0.717, 1.165) is 13.2 Å². The minimum Gasteiger partial charge on any atom is -0.353 e. The zero-order valence-electron chi connectivity index (χ0n) is 10.5. The second-order valence-electron chi connectivity index (χ2n) is 5.63. The van der Waals surface area contributed by atoms with Crippen LogP contribution in [0.15, 0.2) is 18.2 Å². The van der Waals surface area contributed by atoms with Crippen LogP contribution in [-0.4, -0.2) is 18.9 Å². The predicted molar refractivity (Wildman–Crippen MR) is 65.9 cm³/mol. The molecule has 0 radical (unpaired) electrons. The molecule has 2 heterocycles. The average molecular weight is 217 g/mol. The van der Waals surface area contributed by atoms with Gasteiger partial charge in [-0.15, -0.1) is 0 Å². The van der Waals surface area contributed by atoms with E-state index in [4.69, 9.17) is 4.74 Å². The summed E-state index contributed by atoms with van der Waals surface area (Å²) >= 11 is 0. The van der Waals surface area contributed by atoms with E-state index < -0.39 is 0 Å². The third-order valence-electron chi connectivity index (χ3n) is 4.49. The van der Waals surface area contributed by atoms with Gasteiger partial charge in [0, 0.05) is 17.6 Å². The van der Waals surface area contributed by atoms with Crippen LogP contribution >= 0.6 is 0 Å². The first kappa shape index (κ1) is 10.2. The molecule has 0 amide bonds. The van der Waals surface area contributed by atoms with Crippen LogP contribution in [0.3, 0.4) is 0 Å². The fourth-order valence-electron chi connectivity index (χ4n) is 3.13. The molecule has 2 nitrogen and oxygen atoms in total. The molecule has 0 bridgehead atoms. The highest BCUT2D eigenvalue weighted by Gasteiger charge is 2.57. The fourth-order valence-corrected chi connectivity index (χ4v) is 3.13. The van der Waals surface area contributed by atoms with Gasteiger partial charge in [0.05, 0.1) is 6.61 Å². The van der Waals surface area contributed by atoms with Gasteiger partial charge < -0.3 is 9.64 Å². The molecule has 0 saturated carbocycles. The molecule has 1 aromatic rings. The Kier molecular flexibility index (Phi) is 1.78. The normalized spacial score (nSPS) is 30.4. The Balaban J connectivity index is 2.26. The lowest BCUT2D eigenvalue weighted by molar-refractivity contribution is -0.0250. The lowest BCUT2D eigenvalue weighted by Crippen LogP contribution is -2.50. The molecule has 2 aliphatic rings. The van der Waals surface area contributed by atoms with E-state index in [0.29, 0.717) is 0 Å². The van der Waals surface area contributed by atoms with Crippen LogP contribution in [0.2, 0.25) is 0 Å². The van der Waals surface area contributed by atoms with E-state index in [-0.39, 0.29) is 11.1 Å². The van der Waals surface area contributed by atoms with E-state index in [9.17, 15) is 0 Å². The zero-order chi connectivity index (χ0) is 11.6. The number of fused-ring (bicyclic) bond motifs is 3. The number of rotatable bonds is 0. The molecule has 1 atom stereocenters. The third-order valence-corrected chi connectivity index (χ3v) is 4.49. The molecule has 0 spiro atoms. The molecule has 86 valence electrons. The summed E-state index contributed by atoms with van der Waals surface area (Å²) in [7, 11) is 0. The van der Waals surface area contributed by atoms with Crippen molar-refractivity contribution in [3.05, 3.63) is 29.3 Å². The Bertz CT molecular complexity index is 452. The van der Waals surface area contributed by atoms with Crippen molar-refractivity contribution in [1.29, 1.82) is 0 Å². The Morgan fingerprint density at radius 3 is 2.75 bits per heavy atom. The maximum absolute atomic E-state index is 6.03. The standard InChI is InChI=1S/C14H19NO/c1-10-5-6-12-11(9-10)13(2,3)14(4)15(12)7-8-16-14/h5-6,9H,7-8H2,1-4H3. The molecular formula is C14H19NO. The summed E-state index contributed by atoms with van der Waals surface area (Å²) in [6.45, 7) is 10.8. The van der Waals surface area contributed by atoms with Crippen molar-refractivity contribution in [3.63, 3.8) is 0 Å². The van der Waals surface area contributed by atoms with Gasteiger partial charge >= 0.3 is 0 Å². The molecule has 2 aliphatic heterocycles. The number of hydrogen-bond donors (Lipinski definition) is 0. The molecule has 16 heavy (non-hydrogen) atoms. The van der Waals surface area contributed by atoms with Gasteiger partial charge in [0.2, 0.25) is 0 Å². The Hall–Kier alpha value is -1.02. The SMILES string of the molecule is Cc1ccc2c(c1)C(C)(C)C1(C)OCCN21. The summed E-state index contributed by atoms with van der Waals surface area (Å²) in [6.07, 6.45) is 0. The predicted octanol–water partition coefficient (Wildman–Crippen LogP) is 2.84. The first-order valence-electron chi connectivity index (χ1n) is 5.99.